The molecule has 2 aromatic rings. The third kappa shape index (κ3) is 3.22. The maximum absolute atomic E-state index is 13.2. The van der Waals surface area contributed by atoms with Crippen LogP contribution in [-0.2, 0) is 0 Å². The fourth-order valence-electron chi connectivity index (χ4n) is 1.69. The van der Waals surface area contributed by atoms with Gasteiger partial charge in [0, 0.05) is 11.8 Å². The summed E-state index contributed by atoms with van der Waals surface area (Å²) in [6.07, 6.45) is 0. The summed E-state index contributed by atoms with van der Waals surface area (Å²) >= 11 is 11.6. The van der Waals surface area contributed by atoms with E-state index in [9.17, 15) is 13.6 Å². The number of carbonyl (C=O) groups is 1. The highest BCUT2D eigenvalue weighted by molar-refractivity contribution is 6.35. The van der Waals surface area contributed by atoms with Gasteiger partial charge in [-0.15, -0.1) is 0 Å². The van der Waals surface area contributed by atoms with Gasteiger partial charge in [0.25, 0.3) is 5.91 Å². The number of anilines is 2. The average molecular weight is 332 g/mol. The monoisotopic (exact) mass is 331 g/mol. The highest BCUT2D eigenvalue weighted by atomic mass is 35.5. The van der Waals surface area contributed by atoms with Gasteiger partial charge in [0.1, 0.15) is 5.15 Å². The van der Waals surface area contributed by atoms with Gasteiger partial charge < -0.3 is 11.1 Å². The Morgan fingerprint density at radius 3 is 2.48 bits per heavy atom. The van der Waals surface area contributed by atoms with Crippen LogP contribution in [0, 0.1) is 18.6 Å². The summed E-state index contributed by atoms with van der Waals surface area (Å²) in [5.41, 5.74) is 5.89. The third-order valence-corrected chi connectivity index (χ3v) is 3.18. The predicted molar refractivity (Wildman–Crippen MR) is 77.7 cm³/mol. The van der Waals surface area contributed by atoms with Crippen molar-refractivity contribution in [2.24, 2.45) is 0 Å². The summed E-state index contributed by atoms with van der Waals surface area (Å²) in [5, 5.41) is 2.60. The minimum Gasteiger partial charge on any atom is -0.398 e. The van der Waals surface area contributed by atoms with E-state index in [1.165, 1.54) is 6.07 Å². The molecule has 1 aromatic heterocycles. The van der Waals surface area contributed by atoms with Crippen molar-refractivity contribution >= 4 is 40.5 Å². The molecule has 1 amide bonds. The molecule has 3 N–H and O–H groups in total. The van der Waals surface area contributed by atoms with Crippen LogP contribution in [0.25, 0.3) is 0 Å². The zero-order chi connectivity index (χ0) is 15.7. The molecule has 0 radical (unpaired) electrons. The molecular formula is C13H9Cl2F2N3O. The van der Waals surface area contributed by atoms with E-state index in [2.05, 4.69) is 10.3 Å². The van der Waals surface area contributed by atoms with Crippen molar-refractivity contribution in [1.82, 2.24) is 4.98 Å². The molecule has 0 saturated heterocycles. The number of nitrogens with two attached hydrogens (primary N) is 1. The number of benzene rings is 1. The Hall–Kier alpha value is -1.92. The fraction of sp³-hybridized carbons (Fsp3) is 0.0769. The van der Waals surface area contributed by atoms with Crippen LogP contribution in [0.3, 0.4) is 0 Å². The lowest BCUT2D eigenvalue weighted by Gasteiger charge is -2.11. The summed E-state index contributed by atoms with van der Waals surface area (Å²) in [6.45, 7) is 1.66. The van der Waals surface area contributed by atoms with Gasteiger partial charge in [0.2, 0.25) is 0 Å². The van der Waals surface area contributed by atoms with Crippen molar-refractivity contribution in [3.63, 3.8) is 0 Å². The van der Waals surface area contributed by atoms with Crippen molar-refractivity contribution in [3.05, 3.63) is 51.3 Å². The molecular weight excluding hydrogens is 323 g/mol. The lowest BCUT2D eigenvalue weighted by Crippen LogP contribution is -2.16. The van der Waals surface area contributed by atoms with Crippen molar-refractivity contribution in [2.75, 3.05) is 11.1 Å². The first-order chi connectivity index (χ1) is 9.79. The van der Waals surface area contributed by atoms with E-state index >= 15 is 0 Å². The second-order valence-corrected chi connectivity index (χ2v) is 4.98. The number of pyridine rings is 1. The smallest absolute Gasteiger partial charge is 0.257 e. The SMILES string of the molecule is Cc1cc(Cl)nc(Cl)c1NC(=O)c1cc(F)c(F)cc1N. The van der Waals surface area contributed by atoms with E-state index in [-0.39, 0.29) is 27.2 Å². The largest absolute Gasteiger partial charge is 0.398 e. The Bertz CT molecular complexity index is 715. The maximum Gasteiger partial charge on any atom is 0.257 e. The van der Waals surface area contributed by atoms with Crippen LogP contribution in [0.15, 0.2) is 18.2 Å². The number of nitrogens with one attached hydrogen (secondary N) is 1. The molecule has 0 atom stereocenters. The second-order valence-electron chi connectivity index (χ2n) is 4.24. The van der Waals surface area contributed by atoms with Crippen molar-refractivity contribution in [1.29, 1.82) is 0 Å². The van der Waals surface area contributed by atoms with Gasteiger partial charge in [-0.05, 0) is 24.6 Å². The lowest BCUT2D eigenvalue weighted by atomic mass is 10.1. The Balaban J connectivity index is 2.37. The topological polar surface area (TPSA) is 68.0 Å². The van der Waals surface area contributed by atoms with Gasteiger partial charge in [-0.2, -0.15) is 0 Å². The van der Waals surface area contributed by atoms with Gasteiger partial charge in [-0.25, -0.2) is 13.8 Å². The summed E-state index contributed by atoms with van der Waals surface area (Å²) in [6, 6.07) is 2.95. The van der Waals surface area contributed by atoms with Crippen LogP contribution in [0.1, 0.15) is 15.9 Å². The molecule has 1 aromatic carbocycles. The Kier molecular flexibility index (Phi) is 4.29. The quantitative estimate of drug-likeness (QED) is 0.649. The molecule has 4 nitrogen and oxygen atoms in total. The normalized spacial score (nSPS) is 10.5. The predicted octanol–water partition coefficient (Wildman–Crippen LogP) is 3.81. The van der Waals surface area contributed by atoms with E-state index in [1.807, 2.05) is 0 Å². The zero-order valence-electron chi connectivity index (χ0n) is 10.7. The average Bonchev–Trinajstić information content (AvgIpc) is 2.37. The molecule has 0 bridgehead atoms. The van der Waals surface area contributed by atoms with Gasteiger partial charge in [0.15, 0.2) is 16.8 Å². The molecule has 1 heterocycles. The molecule has 0 saturated carbocycles. The van der Waals surface area contributed by atoms with E-state index in [1.54, 1.807) is 6.92 Å². The van der Waals surface area contributed by atoms with Gasteiger partial charge in [-0.1, -0.05) is 23.2 Å². The van der Waals surface area contributed by atoms with E-state index < -0.39 is 17.5 Å². The molecule has 110 valence electrons. The number of carbonyl (C=O) groups excluding carboxylic acids is 1. The van der Waals surface area contributed by atoms with Crippen LogP contribution in [0.4, 0.5) is 20.2 Å². The number of aryl methyl sites for hydroxylation is 1. The number of hydrogen-bond donors (Lipinski definition) is 2. The minimum atomic E-state index is -1.17. The standard InChI is InChI=1S/C13H9Cl2F2N3O/c1-5-2-10(14)19-12(15)11(5)20-13(21)6-3-7(16)8(17)4-9(6)18/h2-4H,18H2,1H3,(H,20,21). The van der Waals surface area contributed by atoms with Gasteiger partial charge in [0.05, 0.1) is 11.3 Å². The maximum atomic E-state index is 13.2. The van der Waals surface area contributed by atoms with E-state index in [0.717, 1.165) is 6.07 Å². The van der Waals surface area contributed by atoms with Crippen LogP contribution >= 0.6 is 23.2 Å². The minimum absolute atomic E-state index is 0.0190. The Morgan fingerprint density at radius 2 is 1.86 bits per heavy atom. The summed E-state index contributed by atoms with van der Waals surface area (Å²) in [5.74, 6) is -3.04. The highest BCUT2D eigenvalue weighted by Gasteiger charge is 2.17. The zero-order valence-corrected chi connectivity index (χ0v) is 12.2. The number of aromatic nitrogens is 1. The first-order valence-electron chi connectivity index (χ1n) is 5.68. The summed E-state index contributed by atoms with van der Waals surface area (Å²) < 4.78 is 26.2. The number of nitrogen functional groups attached to an aromatic ring is 1. The van der Waals surface area contributed by atoms with E-state index in [0.29, 0.717) is 11.6 Å². The van der Waals surface area contributed by atoms with Gasteiger partial charge in [-0.3, -0.25) is 4.79 Å². The second kappa shape index (κ2) is 5.83. The lowest BCUT2D eigenvalue weighted by molar-refractivity contribution is 0.102. The number of nitrogens with zero attached hydrogens (tertiary/aromatic N) is 1. The van der Waals surface area contributed by atoms with Crippen molar-refractivity contribution in [2.45, 2.75) is 6.92 Å². The number of halogens is 4. The third-order valence-electron chi connectivity index (χ3n) is 2.72. The molecule has 0 aliphatic rings. The number of amides is 1. The van der Waals surface area contributed by atoms with Gasteiger partial charge >= 0.3 is 0 Å². The molecule has 0 spiro atoms. The molecule has 8 heteroatoms. The molecule has 21 heavy (non-hydrogen) atoms. The first kappa shape index (κ1) is 15.5. The molecule has 0 aliphatic heterocycles. The van der Waals surface area contributed by atoms with Crippen LogP contribution in [0.2, 0.25) is 10.3 Å². The Morgan fingerprint density at radius 1 is 1.24 bits per heavy atom. The molecule has 0 aliphatic carbocycles. The first-order valence-corrected chi connectivity index (χ1v) is 6.43. The fourth-order valence-corrected chi connectivity index (χ4v) is 2.26. The van der Waals surface area contributed by atoms with E-state index in [4.69, 9.17) is 28.9 Å². The van der Waals surface area contributed by atoms with Crippen LogP contribution < -0.4 is 11.1 Å². The number of hydrogen-bond acceptors (Lipinski definition) is 3. The molecule has 0 unspecified atom stereocenters. The highest BCUT2D eigenvalue weighted by Crippen LogP contribution is 2.27. The van der Waals surface area contributed by atoms with Crippen molar-refractivity contribution in [3.8, 4) is 0 Å². The summed E-state index contributed by atoms with van der Waals surface area (Å²) in [7, 11) is 0. The molecule has 2 rings (SSSR count). The van der Waals surface area contributed by atoms with Crippen LogP contribution in [-0.4, -0.2) is 10.9 Å². The van der Waals surface area contributed by atoms with Crippen molar-refractivity contribution < 1.29 is 13.6 Å². The number of rotatable bonds is 2. The molecule has 0 fully saturated rings. The Labute approximate surface area is 128 Å². The van der Waals surface area contributed by atoms with Crippen LogP contribution in [0.5, 0.6) is 0 Å². The summed E-state index contributed by atoms with van der Waals surface area (Å²) in [4.78, 5) is 15.9.